The van der Waals surface area contributed by atoms with Gasteiger partial charge in [0.2, 0.25) is 0 Å². The number of hydrogen-bond donors (Lipinski definition) is 1. The Morgan fingerprint density at radius 1 is 1.20 bits per heavy atom. The number of nitrogens with one attached hydrogen (secondary N) is 1. The molecule has 4 aliphatic heterocycles. The van der Waals surface area contributed by atoms with E-state index in [1.165, 1.54) is 25.7 Å². The van der Waals surface area contributed by atoms with Gasteiger partial charge in [0.1, 0.15) is 5.82 Å². The zero-order valence-electron chi connectivity index (χ0n) is 14.7. The lowest BCUT2D eigenvalue weighted by molar-refractivity contribution is 0.0767. The summed E-state index contributed by atoms with van der Waals surface area (Å²) in [7, 11) is 1.88. The number of aryl methyl sites for hydroxylation is 1. The van der Waals surface area contributed by atoms with Crippen LogP contribution in [-0.4, -0.2) is 58.0 Å². The average molecular weight is 458 g/mol. The molecule has 0 amide bonds. The maximum absolute atomic E-state index is 6.07. The van der Waals surface area contributed by atoms with E-state index in [4.69, 9.17) is 4.74 Å². The molecule has 0 spiro atoms. The van der Waals surface area contributed by atoms with Crippen molar-refractivity contribution in [2.75, 3.05) is 20.1 Å². The van der Waals surface area contributed by atoms with E-state index in [2.05, 4.69) is 30.0 Å². The SMILES string of the molecule is CN=C(NCc1nnc2n1CCCC2)N1CC2C3CCC(O3)C2C1.I. The van der Waals surface area contributed by atoms with Gasteiger partial charge in [0.15, 0.2) is 11.8 Å². The van der Waals surface area contributed by atoms with Crippen LogP contribution in [0.2, 0.25) is 0 Å². The summed E-state index contributed by atoms with van der Waals surface area (Å²) in [6, 6.07) is 0. The monoisotopic (exact) mass is 458 g/mol. The van der Waals surface area contributed by atoms with Crippen molar-refractivity contribution in [3.63, 3.8) is 0 Å². The van der Waals surface area contributed by atoms with Crippen molar-refractivity contribution >= 4 is 29.9 Å². The number of ether oxygens (including phenoxy) is 1. The van der Waals surface area contributed by atoms with Crippen molar-refractivity contribution in [3.05, 3.63) is 11.6 Å². The summed E-state index contributed by atoms with van der Waals surface area (Å²) < 4.78 is 8.35. The third-order valence-electron chi connectivity index (χ3n) is 6.30. The molecule has 3 saturated heterocycles. The van der Waals surface area contributed by atoms with Gasteiger partial charge >= 0.3 is 0 Å². The van der Waals surface area contributed by atoms with Crippen molar-refractivity contribution in [3.8, 4) is 0 Å². The molecule has 1 aromatic heterocycles. The van der Waals surface area contributed by atoms with Crippen LogP contribution >= 0.6 is 24.0 Å². The Balaban J connectivity index is 0.00000157. The Morgan fingerprint density at radius 2 is 1.96 bits per heavy atom. The van der Waals surface area contributed by atoms with E-state index in [1.54, 1.807) is 0 Å². The second kappa shape index (κ2) is 7.02. The number of nitrogens with zero attached hydrogens (tertiary/aromatic N) is 5. The zero-order chi connectivity index (χ0) is 16.1. The molecule has 8 heteroatoms. The molecule has 4 unspecified atom stereocenters. The summed E-state index contributed by atoms with van der Waals surface area (Å²) in [6.45, 7) is 3.90. The maximum atomic E-state index is 6.07. The number of aliphatic imine (C=N–C) groups is 1. The first-order valence-electron chi connectivity index (χ1n) is 9.35. The fourth-order valence-electron chi connectivity index (χ4n) is 5.12. The van der Waals surface area contributed by atoms with Gasteiger partial charge in [-0.1, -0.05) is 0 Å². The second-order valence-corrected chi connectivity index (χ2v) is 7.56. The Labute approximate surface area is 165 Å². The Hall–Kier alpha value is -0.900. The molecule has 5 heterocycles. The minimum Gasteiger partial charge on any atom is -0.374 e. The van der Waals surface area contributed by atoms with Gasteiger partial charge in [-0.3, -0.25) is 4.99 Å². The van der Waals surface area contributed by atoms with Crippen LogP contribution in [0.1, 0.15) is 37.3 Å². The predicted octanol–water partition coefficient (Wildman–Crippen LogP) is 1.42. The van der Waals surface area contributed by atoms with Crippen LogP contribution in [-0.2, 0) is 24.2 Å². The van der Waals surface area contributed by atoms with Gasteiger partial charge in [-0.25, -0.2) is 0 Å². The molecule has 5 rings (SSSR count). The van der Waals surface area contributed by atoms with E-state index in [9.17, 15) is 0 Å². The van der Waals surface area contributed by atoms with Gasteiger partial charge in [0.25, 0.3) is 0 Å². The fourth-order valence-corrected chi connectivity index (χ4v) is 5.12. The topological polar surface area (TPSA) is 67.6 Å². The van der Waals surface area contributed by atoms with Crippen LogP contribution < -0.4 is 5.32 Å². The lowest BCUT2D eigenvalue weighted by Crippen LogP contribution is -2.41. The molecule has 4 aliphatic rings. The predicted molar refractivity (Wildman–Crippen MR) is 105 cm³/mol. The highest BCUT2D eigenvalue weighted by molar-refractivity contribution is 14.0. The average Bonchev–Trinajstić information content (AvgIpc) is 3.37. The Bertz CT molecular complexity index is 644. The number of halogens is 1. The van der Waals surface area contributed by atoms with E-state index >= 15 is 0 Å². The molecule has 0 aliphatic carbocycles. The smallest absolute Gasteiger partial charge is 0.194 e. The van der Waals surface area contributed by atoms with Crippen molar-refractivity contribution in [2.24, 2.45) is 16.8 Å². The summed E-state index contributed by atoms with van der Waals surface area (Å²) in [5.74, 6) is 4.56. The van der Waals surface area contributed by atoms with Crippen molar-refractivity contribution in [1.82, 2.24) is 25.0 Å². The van der Waals surface area contributed by atoms with E-state index < -0.39 is 0 Å². The highest BCUT2D eigenvalue weighted by Gasteiger charge is 2.53. The first-order chi connectivity index (χ1) is 11.8. The first kappa shape index (κ1) is 17.5. The molecule has 3 fully saturated rings. The zero-order valence-corrected chi connectivity index (χ0v) is 17.1. The van der Waals surface area contributed by atoms with E-state index in [0.717, 1.165) is 43.7 Å². The van der Waals surface area contributed by atoms with Crippen molar-refractivity contribution in [2.45, 2.75) is 57.4 Å². The van der Waals surface area contributed by atoms with Gasteiger partial charge in [-0.05, 0) is 25.7 Å². The van der Waals surface area contributed by atoms with Gasteiger partial charge in [0.05, 0.1) is 18.8 Å². The number of guanidine groups is 1. The van der Waals surface area contributed by atoms with Crippen LogP contribution in [0.3, 0.4) is 0 Å². The number of aromatic nitrogens is 3. The van der Waals surface area contributed by atoms with Crippen LogP contribution in [0.25, 0.3) is 0 Å². The lowest BCUT2D eigenvalue weighted by atomic mass is 9.82. The molecule has 0 saturated carbocycles. The highest BCUT2D eigenvalue weighted by Crippen LogP contribution is 2.47. The molecular weight excluding hydrogens is 431 g/mol. The summed E-state index contributed by atoms with van der Waals surface area (Å²) in [6.07, 6.45) is 6.99. The maximum Gasteiger partial charge on any atom is 0.194 e. The minimum absolute atomic E-state index is 0. The number of rotatable bonds is 2. The highest BCUT2D eigenvalue weighted by atomic mass is 127. The molecular formula is C17H27IN6O. The number of likely N-dealkylation sites (tertiary alicyclic amines) is 1. The molecule has 138 valence electrons. The van der Waals surface area contributed by atoms with Gasteiger partial charge in [0, 0.05) is 44.9 Å². The Morgan fingerprint density at radius 3 is 2.68 bits per heavy atom. The molecule has 0 radical (unpaired) electrons. The van der Waals surface area contributed by atoms with Crippen LogP contribution in [0.15, 0.2) is 4.99 Å². The van der Waals surface area contributed by atoms with Crippen molar-refractivity contribution < 1.29 is 4.74 Å². The van der Waals surface area contributed by atoms with Gasteiger partial charge in [-0.15, -0.1) is 34.2 Å². The third-order valence-corrected chi connectivity index (χ3v) is 6.30. The molecule has 7 nitrogen and oxygen atoms in total. The summed E-state index contributed by atoms with van der Waals surface area (Å²) in [5.41, 5.74) is 0. The number of hydrogen-bond acceptors (Lipinski definition) is 4. The molecule has 2 bridgehead atoms. The first-order valence-corrected chi connectivity index (χ1v) is 9.35. The summed E-state index contributed by atoms with van der Waals surface area (Å²) in [4.78, 5) is 6.93. The van der Waals surface area contributed by atoms with E-state index in [0.29, 0.717) is 30.6 Å². The molecule has 0 aromatic carbocycles. The fraction of sp³-hybridized carbons (Fsp3) is 0.824. The quantitative estimate of drug-likeness (QED) is 0.413. The lowest BCUT2D eigenvalue weighted by Gasteiger charge is -2.23. The normalized spacial score (nSPS) is 33.2. The number of fused-ring (bicyclic) bond motifs is 6. The van der Waals surface area contributed by atoms with Gasteiger partial charge in [-0.2, -0.15) is 0 Å². The minimum atomic E-state index is 0. The largest absolute Gasteiger partial charge is 0.374 e. The van der Waals surface area contributed by atoms with E-state index in [1.807, 2.05) is 7.05 Å². The van der Waals surface area contributed by atoms with Crippen LogP contribution in [0.5, 0.6) is 0 Å². The van der Waals surface area contributed by atoms with E-state index in [-0.39, 0.29) is 24.0 Å². The standard InChI is InChI=1S/C17H26N6O.HI/c1-18-17(19-8-16-21-20-15-4-2-3-7-23(15)16)22-9-11-12(10-22)14-6-5-13(11)24-14;/h11-14H,2-10H2,1H3,(H,18,19);1H. The molecule has 1 N–H and O–H groups in total. The van der Waals surface area contributed by atoms with Crippen molar-refractivity contribution in [1.29, 1.82) is 0 Å². The molecule has 4 atom stereocenters. The van der Waals surface area contributed by atoms with Crippen LogP contribution in [0.4, 0.5) is 0 Å². The molecule has 25 heavy (non-hydrogen) atoms. The Kier molecular flexibility index (Phi) is 4.91. The summed E-state index contributed by atoms with van der Waals surface area (Å²) in [5, 5.41) is 12.2. The third kappa shape index (κ3) is 2.94. The second-order valence-electron chi connectivity index (χ2n) is 7.56. The molecule has 1 aromatic rings. The summed E-state index contributed by atoms with van der Waals surface area (Å²) >= 11 is 0. The van der Waals surface area contributed by atoms with Gasteiger partial charge < -0.3 is 19.5 Å². The van der Waals surface area contributed by atoms with Crippen LogP contribution in [0, 0.1) is 11.8 Å².